The zero-order valence-electron chi connectivity index (χ0n) is 35.6. The molecule has 0 bridgehead atoms. The lowest BCUT2D eigenvalue weighted by Crippen LogP contribution is -2.07. The predicted molar refractivity (Wildman–Crippen MR) is 232 cm³/mol. The zero-order chi connectivity index (χ0) is 37.2. The molecule has 2 aromatic heterocycles. The number of unbranched alkanes of at least 4 members (excludes halogenated alkanes) is 24. The molecular weight excluding hydrogens is 629 g/mol. The molecule has 298 valence electrons. The molecule has 0 aliphatic rings. The lowest BCUT2D eigenvalue weighted by atomic mass is 9.88. The summed E-state index contributed by atoms with van der Waals surface area (Å²) in [5.41, 5.74) is 5.06. The van der Waals surface area contributed by atoms with Gasteiger partial charge in [0.2, 0.25) is 0 Å². The smallest absolute Gasteiger partial charge is 0.0888 e. The van der Waals surface area contributed by atoms with E-state index >= 15 is 0 Å². The van der Waals surface area contributed by atoms with Crippen LogP contribution >= 0.6 is 0 Å². The van der Waals surface area contributed by atoms with Crippen molar-refractivity contribution in [1.82, 2.24) is 9.97 Å². The molecule has 0 saturated heterocycles. The SMILES string of the molecule is CCCCCCCCCCC(CCCCCCCC)Cc1ccnc(-c2cc(CC(CCCCCCCC)CCCCCCCCCC)ccn2)c1. The molecular formula is C50H88N2. The van der Waals surface area contributed by atoms with Crippen LogP contribution in [0.1, 0.15) is 244 Å². The minimum atomic E-state index is 0.792. The van der Waals surface area contributed by atoms with Gasteiger partial charge in [-0.2, -0.15) is 0 Å². The molecule has 2 aromatic rings. The van der Waals surface area contributed by atoms with Crippen molar-refractivity contribution in [3.05, 3.63) is 47.8 Å². The molecule has 0 aliphatic heterocycles. The van der Waals surface area contributed by atoms with Crippen LogP contribution in [0.15, 0.2) is 36.7 Å². The molecule has 2 rings (SSSR count). The molecule has 0 N–H and O–H groups in total. The Hall–Kier alpha value is -1.70. The second-order valence-electron chi connectivity index (χ2n) is 16.9. The lowest BCUT2D eigenvalue weighted by Gasteiger charge is -2.18. The van der Waals surface area contributed by atoms with Crippen LogP contribution < -0.4 is 0 Å². The fraction of sp³-hybridized carbons (Fsp3) is 0.800. The highest BCUT2D eigenvalue weighted by atomic mass is 14.8. The predicted octanol–water partition coefficient (Wildman–Crippen LogP) is 17.0. The second kappa shape index (κ2) is 33.8. The van der Waals surface area contributed by atoms with Crippen LogP contribution in [-0.2, 0) is 12.8 Å². The van der Waals surface area contributed by atoms with E-state index < -0.39 is 0 Å². The Labute approximate surface area is 326 Å². The van der Waals surface area contributed by atoms with Gasteiger partial charge in [0.25, 0.3) is 0 Å². The van der Waals surface area contributed by atoms with Crippen LogP contribution in [0.4, 0.5) is 0 Å². The Morgan fingerprint density at radius 2 is 0.596 bits per heavy atom. The van der Waals surface area contributed by atoms with Crippen LogP contribution in [0.3, 0.4) is 0 Å². The molecule has 2 heteroatoms. The average Bonchev–Trinajstić information content (AvgIpc) is 3.16. The third kappa shape index (κ3) is 24.6. The molecule has 0 spiro atoms. The van der Waals surface area contributed by atoms with Gasteiger partial charge in [0.05, 0.1) is 11.4 Å². The standard InChI is InChI=1S/C50H88N2/c1-5-9-13-17-21-23-27-31-35-45(33-29-25-19-15-11-7-3)41-47-37-39-51-49(43-47)50-44-48(38-40-52-50)42-46(34-30-26-20-16-12-8-4)36-32-28-24-22-18-14-10-6-2/h37-40,43-46H,5-36,41-42H2,1-4H3. The van der Waals surface area contributed by atoms with Crippen LogP contribution in [0.5, 0.6) is 0 Å². The molecule has 0 amide bonds. The highest BCUT2D eigenvalue weighted by Gasteiger charge is 2.14. The van der Waals surface area contributed by atoms with E-state index in [1.54, 1.807) is 0 Å². The molecule has 0 aliphatic carbocycles. The van der Waals surface area contributed by atoms with E-state index in [0.717, 1.165) is 23.2 Å². The first-order chi connectivity index (χ1) is 25.7. The fourth-order valence-electron chi connectivity index (χ4n) is 8.41. The summed E-state index contributed by atoms with van der Waals surface area (Å²) in [5.74, 6) is 1.58. The molecule has 52 heavy (non-hydrogen) atoms. The van der Waals surface area contributed by atoms with Crippen molar-refractivity contribution in [2.75, 3.05) is 0 Å². The van der Waals surface area contributed by atoms with Crippen molar-refractivity contribution in [1.29, 1.82) is 0 Å². The first-order valence-corrected chi connectivity index (χ1v) is 23.6. The highest BCUT2D eigenvalue weighted by Crippen LogP contribution is 2.27. The molecule has 0 aromatic carbocycles. The Balaban J connectivity index is 1.99. The van der Waals surface area contributed by atoms with Crippen molar-refractivity contribution in [2.24, 2.45) is 11.8 Å². The van der Waals surface area contributed by atoms with Gasteiger partial charge in [-0.3, -0.25) is 9.97 Å². The summed E-state index contributed by atoms with van der Waals surface area (Å²) in [6.45, 7) is 9.27. The molecule has 2 atom stereocenters. The van der Waals surface area contributed by atoms with Crippen LogP contribution in [0.2, 0.25) is 0 Å². The van der Waals surface area contributed by atoms with Crippen molar-refractivity contribution < 1.29 is 0 Å². The van der Waals surface area contributed by atoms with E-state index in [1.165, 1.54) is 229 Å². The number of pyridine rings is 2. The first kappa shape index (κ1) is 46.5. The summed E-state index contributed by atoms with van der Waals surface area (Å²) in [7, 11) is 0. The van der Waals surface area contributed by atoms with Crippen molar-refractivity contribution >= 4 is 0 Å². The van der Waals surface area contributed by atoms with Gasteiger partial charge in [0.1, 0.15) is 0 Å². The number of aromatic nitrogens is 2. The summed E-state index contributed by atoms with van der Waals surface area (Å²) in [4.78, 5) is 9.75. The van der Waals surface area contributed by atoms with Crippen molar-refractivity contribution in [2.45, 2.75) is 246 Å². The highest BCUT2D eigenvalue weighted by molar-refractivity contribution is 5.55. The summed E-state index contributed by atoms with van der Waals surface area (Å²) in [5, 5.41) is 0. The van der Waals surface area contributed by atoms with Gasteiger partial charge in [-0.1, -0.05) is 233 Å². The molecule has 2 unspecified atom stereocenters. The van der Waals surface area contributed by atoms with E-state index in [4.69, 9.17) is 9.97 Å². The van der Waals surface area contributed by atoms with Crippen LogP contribution in [0.25, 0.3) is 11.4 Å². The van der Waals surface area contributed by atoms with E-state index in [2.05, 4.69) is 64.4 Å². The maximum Gasteiger partial charge on any atom is 0.0888 e. The monoisotopic (exact) mass is 717 g/mol. The Kier molecular flexibility index (Phi) is 30.2. The maximum atomic E-state index is 4.88. The van der Waals surface area contributed by atoms with E-state index in [9.17, 15) is 0 Å². The van der Waals surface area contributed by atoms with E-state index in [1.807, 2.05) is 0 Å². The van der Waals surface area contributed by atoms with Gasteiger partial charge < -0.3 is 0 Å². The normalized spacial score (nSPS) is 12.8. The zero-order valence-corrected chi connectivity index (χ0v) is 35.6. The quantitative estimate of drug-likeness (QED) is 0.0651. The first-order valence-electron chi connectivity index (χ1n) is 23.6. The summed E-state index contributed by atoms with van der Waals surface area (Å²) in [6.07, 6.45) is 51.3. The second-order valence-corrected chi connectivity index (χ2v) is 16.9. The summed E-state index contributed by atoms with van der Waals surface area (Å²) < 4.78 is 0. The number of hydrogen-bond acceptors (Lipinski definition) is 2. The van der Waals surface area contributed by atoms with E-state index in [0.29, 0.717) is 0 Å². The van der Waals surface area contributed by atoms with Crippen molar-refractivity contribution in [3.63, 3.8) is 0 Å². The molecule has 2 nitrogen and oxygen atoms in total. The number of nitrogens with zero attached hydrogens (tertiary/aromatic N) is 2. The largest absolute Gasteiger partial charge is 0.255 e. The third-order valence-corrected chi connectivity index (χ3v) is 11.8. The van der Waals surface area contributed by atoms with Gasteiger partial charge in [-0.15, -0.1) is 0 Å². The minimum absolute atomic E-state index is 0.792. The van der Waals surface area contributed by atoms with Crippen LogP contribution in [-0.4, -0.2) is 9.97 Å². The molecule has 0 radical (unpaired) electrons. The lowest BCUT2D eigenvalue weighted by molar-refractivity contribution is 0.400. The minimum Gasteiger partial charge on any atom is -0.255 e. The Morgan fingerprint density at radius 3 is 0.865 bits per heavy atom. The fourth-order valence-corrected chi connectivity index (χ4v) is 8.41. The third-order valence-electron chi connectivity index (χ3n) is 11.8. The number of hydrogen-bond donors (Lipinski definition) is 0. The van der Waals surface area contributed by atoms with Crippen molar-refractivity contribution in [3.8, 4) is 11.4 Å². The van der Waals surface area contributed by atoms with Gasteiger partial charge in [0.15, 0.2) is 0 Å². The molecule has 0 saturated carbocycles. The number of rotatable bonds is 37. The molecule has 0 fully saturated rings. The summed E-state index contributed by atoms with van der Waals surface area (Å²) >= 11 is 0. The van der Waals surface area contributed by atoms with Gasteiger partial charge >= 0.3 is 0 Å². The molecule has 2 heterocycles. The maximum absolute atomic E-state index is 4.88. The van der Waals surface area contributed by atoms with Gasteiger partial charge in [-0.05, 0) is 60.1 Å². The average molecular weight is 717 g/mol. The van der Waals surface area contributed by atoms with Gasteiger partial charge in [-0.25, -0.2) is 0 Å². The summed E-state index contributed by atoms with van der Waals surface area (Å²) in [6, 6.07) is 9.33. The Bertz CT molecular complexity index is 963. The van der Waals surface area contributed by atoms with E-state index in [-0.39, 0.29) is 0 Å². The Morgan fingerprint density at radius 1 is 0.346 bits per heavy atom. The van der Waals surface area contributed by atoms with Gasteiger partial charge in [0, 0.05) is 12.4 Å². The topological polar surface area (TPSA) is 25.8 Å². The van der Waals surface area contributed by atoms with Crippen LogP contribution in [0, 0.1) is 11.8 Å².